The fourth-order valence-corrected chi connectivity index (χ4v) is 1.99. The lowest BCUT2D eigenvalue weighted by Crippen LogP contribution is -2.06. The van der Waals surface area contributed by atoms with Crippen molar-refractivity contribution in [3.8, 4) is 5.75 Å². The van der Waals surface area contributed by atoms with Crippen LogP contribution in [0.15, 0.2) is 12.1 Å². The van der Waals surface area contributed by atoms with Crippen LogP contribution < -0.4 is 4.74 Å². The number of ether oxygens (including phenoxy) is 2. The van der Waals surface area contributed by atoms with Crippen molar-refractivity contribution in [3.05, 3.63) is 28.7 Å². The van der Waals surface area contributed by atoms with Crippen LogP contribution in [0.4, 0.5) is 4.39 Å². The molecule has 0 atom stereocenters. The number of aromatic amines is 1. The second kappa shape index (κ2) is 4.86. The van der Waals surface area contributed by atoms with E-state index < -0.39 is 11.8 Å². The molecule has 0 aliphatic rings. The molecule has 1 aromatic carbocycles. The number of halogens is 2. The van der Waals surface area contributed by atoms with E-state index in [0.29, 0.717) is 10.9 Å². The Bertz CT molecular complexity index is 609. The number of hydrogen-bond acceptors (Lipinski definition) is 3. The largest absolute Gasteiger partial charge is 0.494 e. The fraction of sp³-hybridized carbons (Fsp3) is 0.250. The number of aromatic nitrogens is 1. The highest BCUT2D eigenvalue weighted by Crippen LogP contribution is 2.37. The Morgan fingerprint density at radius 1 is 1.50 bits per heavy atom. The molecule has 1 N–H and O–H groups in total. The molecule has 6 heteroatoms. The molecule has 0 unspecified atom stereocenters. The Labute approximate surface area is 108 Å². The van der Waals surface area contributed by atoms with Crippen LogP contribution in [-0.4, -0.2) is 24.7 Å². The molecule has 0 aliphatic carbocycles. The monoisotopic (exact) mass is 271 g/mol. The quantitative estimate of drug-likeness (QED) is 0.873. The van der Waals surface area contributed by atoms with Gasteiger partial charge in [0.05, 0.1) is 29.6 Å². The standard InChI is InChI=1S/C12H11ClFNO3/c1-3-18-12(16)10-11(17-2)8-7(15-10)5-4-6(14)9(8)13/h4-5,15H,3H2,1-2H3. The van der Waals surface area contributed by atoms with Crippen molar-refractivity contribution in [2.45, 2.75) is 6.92 Å². The lowest BCUT2D eigenvalue weighted by atomic mass is 10.2. The Balaban J connectivity index is 2.69. The van der Waals surface area contributed by atoms with Gasteiger partial charge >= 0.3 is 5.97 Å². The highest BCUT2D eigenvalue weighted by Gasteiger charge is 2.22. The Hall–Kier alpha value is -1.75. The molecule has 1 heterocycles. The predicted molar refractivity (Wildman–Crippen MR) is 65.8 cm³/mol. The number of rotatable bonds is 3. The van der Waals surface area contributed by atoms with Gasteiger partial charge in [-0.15, -0.1) is 0 Å². The van der Waals surface area contributed by atoms with Crippen LogP contribution in [0.3, 0.4) is 0 Å². The van der Waals surface area contributed by atoms with Gasteiger partial charge in [0.1, 0.15) is 5.82 Å². The maximum absolute atomic E-state index is 13.4. The molecule has 0 fully saturated rings. The van der Waals surface area contributed by atoms with Gasteiger partial charge in [0.15, 0.2) is 11.4 Å². The van der Waals surface area contributed by atoms with Crippen LogP contribution in [-0.2, 0) is 4.74 Å². The molecule has 0 bridgehead atoms. The molecule has 0 saturated heterocycles. The third-order valence-corrected chi connectivity index (χ3v) is 2.86. The van der Waals surface area contributed by atoms with Crippen LogP contribution in [0, 0.1) is 5.82 Å². The van der Waals surface area contributed by atoms with Gasteiger partial charge in [0, 0.05) is 0 Å². The zero-order valence-electron chi connectivity index (χ0n) is 9.84. The molecule has 96 valence electrons. The van der Waals surface area contributed by atoms with Crippen molar-refractivity contribution >= 4 is 28.5 Å². The van der Waals surface area contributed by atoms with Crippen molar-refractivity contribution < 1.29 is 18.7 Å². The summed E-state index contributed by atoms with van der Waals surface area (Å²) in [6, 6.07) is 2.71. The minimum Gasteiger partial charge on any atom is -0.494 e. The average Bonchev–Trinajstić information content (AvgIpc) is 2.73. The molecule has 4 nitrogen and oxygen atoms in total. The van der Waals surface area contributed by atoms with Crippen LogP contribution in [0.5, 0.6) is 5.75 Å². The third-order valence-electron chi connectivity index (χ3n) is 2.49. The van der Waals surface area contributed by atoms with Gasteiger partial charge in [-0.05, 0) is 19.1 Å². The number of carbonyl (C=O) groups is 1. The molecule has 0 radical (unpaired) electrons. The first kappa shape index (κ1) is 12.7. The van der Waals surface area contributed by atoms with E-state index in [-0.39, 0.29) is 23.1 Å². The van der Waals surface area contributed by atoms with E-state index in [4.69, 9.17) is 21.1 Å². The molecule has 0 saturated carbocycles. The predicted octanol–water partition coefficient (Wildman–Crippen LogP) is 3.15. The van der Waals surface area contributed by atoms with E-state index >= 15 is 0 Å². The first-order valence-corrected chi connectivity index (χ1v) is 5.68. The van der Waals surface area contributed by atoms with Gasteiger partial charge in [0.25, 0.3) is 0 Å². The van der Waals surface area contributed by atoms with Crippen molar-refractivity contribution in [2.24, 2.45) is 0 Å². The maximum Gasteiger partial charge on any atom is 0.358 e. The van der Waals surface area contributed by atoms with Crippen LogP contribution in [0.25, 0.3) is 10.9 Å². The number of H-pyrrole nitrogens is 1. The highest BCUT2D eigenvalue weighted by atomic mass is 35.5. The van der Waals surface area contributed by atoms with Crippen molar-refractivity contribution in [1.82, 2.24) is 4.98 Å². The van der Waals surface area contributed by atoms with E-state index in [2.05, 4.69) is 4.98 Å². The summed E-state index contributed by atoms with van der Waals surface area (Å²) >= 11 is 5.88. The van der Waals surface area contributed by atoms with E-state index in [1.54, 1.807) is 6.92 Å². The zero-order chi connectivity index (χ0) is 13.3. The van der Waals surface area contributed by atoms with Crippen molar-refractivity contribution in [3.63, 3.8) is 0 Å². The summed E-state index contributed by atoms with van der Waals surface area (Å²) in [6.45, 7) is 1.93. The Morgan fingerprint density at radius 3 is 2.83 bits per heavy atom. The minimum absolute atomic E-state index is 0.0869. The summed E-state index contributed by atoms with van der Waals surface area (Å²) in [5.41, 5.74) is 0.642. The van der Waals surface area contributed by atoms with E-state index in [1.165, 1.54) is 19.2 Å². The number of carbonyl (C=O) groups excluding carboxylic acids is 1. The molecule has 1 aromatic heterocycles. The molecule has 0 amide bonds. The number of nitrogens with one attached hydrogen (secondary N) is 1. The number of hydrogen-bond donors (Lipinski definition) is 1. The molecular formula is C12H11ClFNO3. The van der Waals surface area contributed by atoms with Gasteiger partial charge in [-0.1, -0.05) is 11.6 Å². The van der Waals surface area contributed by atoms with Crippen molar-refractivity contribution in [2.75, 3.05) is 13.7 Å². The van der Waals surface area contributed by atoms with Gasteiger partial charge in [-0.3, -0.25) is 0 Å². The summed E-state index contributed by atoms with van der Waals surface area (Å²) in [4.78, 5) is 14.5. The fourth-order valence-electron chi connectivity index (χ4n) is 1.74. The second-order valence-electron chi connectivity index (χ2n) is 3.54. The summed E-state index contributed by atoms with van der Waals surface area (Å²) in [5, 5.41) is 0.248. The molecular weight excluding hydrogens is 261 g/mol. The van der Waals surface area contributed by atoms with E-state index in [0.717, 1.165) is 0 Å². The lowest BCUT2D eigenvalue weighted by Gasteiger charge is -2.03. The topological polar surface area (TPSA) is 51.3 Å². The summed E-state index contributed by atoms with van der Waals surface area (Å²) in [7, 11) is 1.38. The molecule has 0 aliphatic heterocycles. The number of fused-ring (bicyclic) bond motifs is 1. The summed E-state index contributed by atoms with van der Waals surface area (Å²) in [5.74, 6) is -0.952. The maximum atomic E-state index is 13.4. The molecule has 0 spiro atoms. The summed E-state index contributed by atoms with van der Waals surface area (Å²) < 4.78 is 23.4. The van der Waals surface area contributed by atoms with Crippen LogP contribution in [0.2, 0.25) is 5.02 Å². The van der Waals surface area contributed by atoms with Gasteiger partial charge in [-0.2, -0.15) is 0 Å². The second-order valence-corrected chi connectivity index (χ2v) is 3.92. The SMILES string of the molecule is CCOC(=O)c1[nH]c2ccc(F)c(Cl)c2c1OC. The molecule has 2 aromatic rings. The van der Waals surface area contributed by atoms with E-state index in [9.17, 15) is 9.18 Å². The normalized spacial score (nSPS) is 10.7. The van der Waals surface area contributed by atoms with Gasteiger partial charge in [-0.25, -0.2) is 9.18 Å². The average molecular weight is 272 g/mol. The Morgan fingerprint density at radius 2 is 2.22 bits per heavy atom. The Kier molecular flexibility index (Phi) is 3.43. The van der Waals surface area contributed by atoms with Crippen molar-refractivity contribution in [1.29, 1.82) is 0 Å². The van der Waals surface area contributed by atoms with Gasteiger partial charge in [0.2, 0.25) is 0 Å². The highest BCUT2D eigenvalue weighted by molar-refractivity contribution is 6.36. The van der Waals surface area contributed by atoms with Crippen LogP contribution in [0.1, 0.15) is 17.4 Å². The zero-order valence-corrected chi connectivity index (χ0v) is 10.6. The minimum atomic E-state index is -0.572. The van der Waals surface area contributed by atoms with Gasteiger partial charge < -0.3 is 14.5 Å². The number of esters is 1. The number of methoxy groups -OCH3 is 1. The molecule has 18 heavy (non-hydrogen) atoms. The first-order valence-electron chi connectivity index (χ1n) is 5.31. The summed E-state index contributed by atoms with van der Waals surface area (Å²) in [6.07, 6.45) is 0. The van der Waals surface area contributed by atoms with Crippen LogP contribution >= 0.6 is 11.6 Å². The first-order chi connectivity index (χ1) is 8.60. The lowest BCUT2D eigenvalue weighted by molar-refractivity contribution is 0.0517. The third kappa shape index (κ3) is 1.90. The number of benzene rings is 1. The molecule has 2 rings (SSSR count). The smallest absolute Gasteiger partial charge is 0.358 e. The van der Waals surface area contributed by atoms with E-state index in [1.807, 2.05) is 0 Å².